The highest BCUT2D eigenvalue weighted by Crippen LogP contribution is 2.37. The molecule has 8 nitrogen and oxygen atoms in total. The highest BCUT2D eigenvalue weighted by atomic mass is 35.5. The summed E-state index contributed by atoms with van der Waals surface area (Å²) in [6.07, 6.45) is 5.56. The second-order valence-electron chi connectivity index (χ2n) is 10.1. The first kappa shape index (κ1) is 27.1. The zero-order chi connectivity index (χ0) is 27.4. The number of likely N-dealkylation sites (N-methyl/N-ethyl adjacent to an activating group) is 1. The number of methoxy groups -OCH3 is 1. The third kappa shape index (κ3) is 5.77. The van der Waals surface area contributed by atoms with Gasteiger partial charge in [0.1, 0.15) is 5.82 Å². The topological polar surface area (TPSA) is 92.8 Å². The number of fused-ring (bicyclic) bond motifs is 1. The van der Waals surface area contributed by atoms with E-state index in [1.165, 1.54) is 11.1 Å². The second kappa shape index (κ2) is 12.1. The Labute approximate surface area is 235 Å². The number of aromatic nitrogens is 3. The molecule has 1 aromatic carbocycles. The maximum absolute atomic E-state index is 6.81. The normalized spacial score (nSPS) is 18.6. The molecule has 9 heteroatoms. The number of ether oxygens (including phenoxy) is 1. The fourth-order valence-corrected chi connectivity index (χ4v) is 5.69. The number of benzene rings is 1. The Balaban J connectivity index is 1.49. The van der Waals surface area contributed by atoms with Gasteiger partial charge < -0.3 is 15.4 Å². The molecule has 1 unspecified atom stereocenters. The minimum atomic E-state index is 0.240. The Hall–Kier alpha value is -3.49. The van der Waals surface area contributed by atoms with Crippen LogP contribution in [0.5, 0.6) is 6.01 Å². The third-order valence-corrected chi connectivity index (χ3v) is 7.87. The molecule has 3 aromatic rings. The zero-order valence-electron chi connectivity index (χ0n) is 22.9. The van der Waals surface area contributed by atoms with E-state index in [0.29, 0.717) is 35.5 Å². The minimum absolute atomic E-state index is 0.240. The van der Waals surface area contributed by atoms with Crippen LogP contribution in [0.3, 0.4) is 0 Å². The Morgan fingerprint density at radius 1 is 1.13 bits per heavy atom. The third-order valence-electron chi connectivity index (χ3n) is 7.45. The molecule has 5 rings (SSSR count). The molecule has 0 amide bonds. The standard InChI is InChI=1S/C30H36ClN7O/c1-4-10-20-11-5-6-12-21(20)26-17-24-22(18-37(26)2)29(36-30(35-24)39-3)38-16-9-15-34-25(19-38)27(31)28(32)23-13-7-8-14-33-23/h5-8,11-14,26H,4,9-10,15-19,32H2,1-3H3/b28-27+. The number of pyridine rings is 1. The quantitative estimate of drug-likeness (QED) is 0.456. The number of nitrogens with zero attached hydrogens (tertiary/aromatic N) is 6. The number of aryl methyl sites for hydroxylation is 1. The van der Waals surface area contributed by atoms with Crippen molar-refractivity contribution in [1.29, 1.82) is 0 Å². The van der Waals surface area contributed by atoms with E-state index in [2.05, 4.69) is 53.0 Å². The van der Waals surface area contributed by atoms with E-state index < -0.39 is 0 Å². The van der Waals surface area contributed by atoms with Gasteiger partial charge in [-0.2, -0.15) is 9.97 Å². The van der Waals surface area contributed by atoms with Crippen LogP contribution in [-0.4, -0.2) is 59.4 Å². The van der Waals surface area contributed by atoms with Crippen molar-refractivity contribution in [3.63, 3.8) is 0 Å². The van der Waals surface area contributed by atoms with Gasteiger partial charge in [-0.1, -0.05) is 55.3 Å². The molecule has 4 heterocycles. The molecule has 0 spiro atoms. The highest BCUT2D eigenvalue weighted by Gasteiger charge is 2.32. The first-order valence-corrected chi connectivity index (χ1v) is 13.9. The number of hydrogen-bond donors (Lipinski definition) is 1. The first-order chi connectivity index (χ1) is 19.0. The van der Waals surface area contributed by atoms with Crippen LogP contribution in [0, 0.1) is 0 Å². The molecule has 1 atom stereocenters. The lowest BCUT2D eigenvalue weighted by atomic mass is 9.89. The summed E-state index contributed by atoms with van der Waals surface area (Å²) in [6.45, 7) is 4.91. The largest absolute Gasteiger partial charge is 0.467 e. The Morgan fingerprint density at radius 2 is 1.95 bits per heavy atom. The predicted molar refractivity (Wildman–Crippen MR) is 157 cm³/mol. The highest BCUT2D eigenvalue weighted by molar-refractivity contribution is 6.46. The molecule has 204 valence electrons. The van der Waals surface area contributed by atoms with Gasteiger partial charge in [-0.05, 0) is 43.1 Å². The summed E-state index contributed by atoms with van der Waals surface area (Å²) in [4.78, 5) is 23.5. The average Bonchev–Trinajstić information content (AvgIpc) is 3.23. The van der Waals surface area contributed by atoms with E-state index >= 15 is 0 Å². The van der Waals surface area contributed by atoms with Gasteiger partial charge in [0.2, 0.25) is 0 Å². The van der Waals surface area contributed by atoms with Crippen molar-refractivity contribution in [1.82, 2.24) is 19.9 Å². The van der Waals surface area contributed by atoms with Gasteiger partial charge >= 0.3 is 6.01 Å². The summed E-state index contributed by atoms with van der Waals surface area (Å²) < 4.78 is 5.59. The van der Waals surface area contributed by atoms with Crippen molar-refractivity contribution < 1.29 is 4.74 Å². The van der Waals surface area contributed by atoms with Crippen molar-refractivity contribution in [2.75, 3.05) is 38.7 Å². The van der Waals surface area contributed by atoms with Crippen LogP contribution in [-0.2, 0) is 19.4 Å². The number of anilines is 1. The maximum atomic E-state index is 6.81. The molecule has 39 heavy (non-hydrogen) atoms. The molecule has 0 fully saturated rings. The van der Waals surface area contributed by atoms with Crippen LogP contribution in [0.2, 0.25) is 0 Å². The second-order valence-corrected chi connectivity index (χ2v) is 10.5. The van der Waals surface area contributed by atoms with Crippen molar-refractivity contribution in [2.45, 2.75) is 45.2 Å². The zero-order valence-corrected chi connectivity index (χ0v) is 23.7. The molecule has 0 saturated carbocycles. The van der Waals surface area contributed by atoms with Crippen LogP contribution in [0.25, 0.3) is 5.70 Å². The van der Waals surface area contributed by atoms with E-state index in [-0.39, 0.29) is 6.04 Å². The lowest BCUT2D eigenvalue weighted by molar-refractivity contribution is 0.212. The molecule has 0 radical (unpaired) electrons. The summed E-state index contributed by atoms with van der Waals surface area (Å²) in [5.74, 6) is 0.875. The molecule has 0 aliphatic carbocycles. The van der Waals surface area contributed by atoms with Crippen LogP contribution in [0.15, 0.2) is 58.7 Å². The van der Waals surface area contributed by atoms with Crippen molar-refractivity contribution in [2.24, 2.45) is 10.7 Å². The number of hydrogen-bond acceptors (Lipinski definition) is 8. The molecular weight excluding hydrogens is 510 g/mol. The van der Waals surface area contributed by atoms with Crippen LogP contribution in [0.4, 0.5) is 5.82 Å². The average molecular weight is 546 g/mol. The first-order valence-electron chi connectivity index (χ1n) is 13.6. The Kier molecular flexibility index (Phi) is 8.43. The molecular formula is C30H36ClN7O. The van der Waals surface area contributed by atoms with Crippen molar-refractivity contribution >= 4 is 28.8 Å². The van der Waals surface area contributed by atoms with Gasteiger partial charge in [0.05, 0.1) is 41.5 Å². The monoisotopic (exact) mass is 545 g/mol. The molecule has 0 saturated heterocycles. The number of nitrogens with two attached hydrogens (primary N) is 1. The van der Waals surface area contributed by atoms with E-state index in [1.54, 1.807) is 13.3 Å². The summed E-state index contributed by atoms with van der Waals surface area (Å²) in [7, 11) is 3.81. The van der Waals surface area contributed by atoms with E-state index in [0.717, 1.165) is 61.6 Å². The fraction of sp³-hybridized carbons (Fsp3) is 0.400. The van der Waals surface area contributed by atoms with E-state index in [1.807, 2.05) is 18.2 Å². The van der Waals surface area contributed by atoms with Crippen LogP contribution in [0.1, 0.15) is 53.9 Å². The fourth-order valence-electron chi connectivity index (χ4n) is 5.48. The summed E-state index contributed by atoms with van der Waals surface area (Å²) in [6, 6.07) is 15.0. The molecule has 2 N–H and O–H groups in total. The smallest absolute Gasteiger partial charge is 0.318 e. The molecule has 2 aromatic heterocycles. The number of halogens is 1. The molecule has 2 aliphatic rings. The SMILES string of the molecule is CCCc1ccccc1C1Cc2nc(OC)nc(N3CCCN=C(/C(Cl)=C(\N)c4ccccn4)C3)c2CN1C. The van der Waals surface area contributed by atoms with Crippen LogP contribution >= 0.6 is 11.6 Å². The summed E-state index contributed by atoms with van der Waals surface area (Å²) in [5, 5.41) is 0.431. The minimum Gasteiger partial charge on any atom is -0.467 e. The van der Waals surface area contributed by atoms with Gasteiger partial charge in [0, 0.05) is 43.9 Å². The van der Waals surface area contributed by atoms with Crippen molar-refractivity contribution in [3.05, 3.63) is 81.8 Å². The van der Waals surface area contributed by atoms with E-state index in [4.69, 9.17) is 37.0 Å². The number of aliphatic imine (C=N–C) groups is 1. The van der Waals surface area contributed by atoms with Gasteiger partial charge in [0.25, 0.3) is 0 Å². The van der Waals surface area contributed by atoms with Gasteiger partial charge in [-0.25, -0.2) is 0 Å². The number of rotatable bonds is 7. The van der Waals surface area contributed by atoms with Crippen molar-refractivity contribution in [3.8, 4) is 6.01 Å². The van der Waals surface area contributed by atoms with Gasteiger partial charge in [-0.3, -0.25) is 14.9 Å². The Morgan fingerprint density at radius 3 is 2.72 bits per heavy atom. The van der Waals surface area contributed by atoms with Crippen LogP contribution < -0.4 is 15.4 Å². The molecule has 0 bridgehead atoms. The summed E-state index contributed by atoms with van der Waals surface area (Å²) in [5.41, 5.74) is 13.1. The lowest BCUT2D eigenvalue weighted by Crippen LogP contribution is -2.37. The van der Waals surface area contributed by atoms with Gasteiger partial charge in [-0.15, -0.1) is 0 Å². The Bertz CT molecular complexity index is 1370. The predicted octanol–water partition coefficient (Wildman–Crippen LogP) is 4.78. The summed E-state index contributed by atoms with van der Waals surface area (Å²) >= 11 is 6.81. The lowest BCUT2D eigenvalue weighted by Gasteiger charge is -2.37. The van der Waals surface area contributed by atoms with E-state index in [9.17, 15) is 0 Å². The van der Waals surface area contributed by atoms with Gasteiger partial charge in [0.15, 0.2) is 0 Å². The maximum Gasteiger partial charge on any atom is 0.318 e. The molecule has 2 aliphatic heterocycles.